The van der Waals surface area contributed by atoms with Crippen molar-refractivity contribution in [3.63, 3.8) is 0 Å². The van der Waals surface area contributed by atoms with Gasteiger partial charge in [-0.1, -0.05) is 40.2 Å². The molecule has 1 aliphatic carbocycles. The number of anilines is 1. The van der Waals surface area contributed by atoms with E-state index in [0.29, 0.717) is 5.75 Å². The maximum Gasteiger partial charge on any atom is 0.275 e. The third-order valence-electron chi connectivity index (χ3n) is 5.10. The molecule has 0 spiro atoms. The Bertz CT molecular complexity index is 864. The van der Waals surface area contributed by atoms with E-state index in [9.17, 15) is 10.1 Å². The Hall–Kier alpha value is -2.34. The van der Waals surface area contributed by atoms with Gasteiger partial charge in [0, 0.05) is 16.5 Å². The Balaban J connectivity index is 1.87. The molecule has 1 heterocycles. The minimum atomic E-state index is -0.302. The van der Waals surface area contributed by atoms with Crippen molar-refractivity contribution in [2.45, 2.75) is 18.4 Å². The average Bonchev–Trinajstić information content (AvgIpc) is 3.10. The molecule has 0 bridgehead atoms. The Morgan fingerprint density at radius 3 is 2.68 bits per heavy atom. The largest absolute Gasteiger partial charge is 0.495 e. The molecule has 0 saturated heterocycles. The van der Waals surface area contributed by atoms with Crippen molar-refractivity contribution in [2.24, 2.45) is 5.92 Å². The first-order valence-electron chi connectivity index (χ1n) is 8.14. The lowest BCUT2D eigenvalue weighted by atomic mass is 9.76. The second kappa shape index (κ2) is 6.19. The van der Waals surface area contributed by atoms with Crippen LogP contribution < -0.4 is 10.1 Å². The number of hydrogen-bond acceptors (Lipinski definition) is 4. The third kappa shape index (κ3) is 2.61. The first kappa shape index (κ1) is 16.1. The number of nitrogens with one attached hydrogen (secondary N) is 1. The van der Waals surface area contributed by atoms with Crippen LogP contribution in [0.2, 0.25) is 0 Å². The molecule has 25 heavy (non-hydrogen) atoms. The highest BCUT2D eigenvalue weighted by atomic mass is 79.9. The van der Waals surface area contributed by atoms with E-state index in [0.717, 1.165) is 22.1 Å². The minimum Gasteiger partial charge on any atom is -0.495 e. The summed E-state index contributed by atoms with van der Waals surface area (Å²) in [5.74, 6) is 0.904. The molecular weight excluding hydrogens is 384 g/mol. The predicted octanol–water partition coefficient (Wildman–Crippen LogP) is 5.19. The van der Waals surface area contributed by atoms with Crippen LogP contribution in [0.4, 0.5) is 11.4 Å². The summed E-state index contributed by atoms with van der Waals surface area (Å²) >= 11 is 3.47. The van der Waals surface area contributed by atoms with E-state index < -0.39 is 0 Å². The number of nitrogens with zero attached hydrogens (tertiary/aromatic N) is 1. The van der Waals surface area contributed by atoms with Crippen molar-refractivity contribution in [1.29, 1.82) is 0 Å². The molecule has 2 aromatic carbocycles. The smallest absolute Gasteiger partial charge is 0.275 e. The fourth-order valence-electron chi connectivity index (χ4n) is 3.99. The molecule has 4 rings (SSSR count). The van der Waals surface area contributed by atoms with Crippen LogP contribution in [0.25, 0.3) is 0 Å². The number of hydrogen-bond donors (Lipinski definition) is 1. The second-order valence-electron chi connectivity index (χ2n) is 6.36. The van der Waals surface area contributed by atoms with E-state index in [1.54, 1.807) is 19.2 Å². The number of nitro groups is 1. The summed E-state index contributed by atoms with van der Waals surface area (Å²) in [6.45, 7) is 0. The van der Waals surface area contributed by atoms with Gasteiger partial charge >= 0.3 is 0 Å². The molecule has 0 amide bonds. The molecule has 128 valence electrons. The maximum atomic E-state index is 11.6. The molecule has 3 atom stereocenters. The number of halogens is 1. The highest BCUT2D eigenvalue weighted by Gasteiger charge is 2.42. The Morgan fingerprint density at radius 1 is 1.24 bits per heavy atom. The average molecular weight is 401 g/mol. The monoisotopic (exact) mass is 400 g/mol. The van der Waals surface area contributed by atoms with Gasteiger partial charge in [0.1, 0.15) is 5.75 Å². The molecule has 5 nitrogen and oxygen atoms in total. The summed E-state index contributed by atoms with van der Waals surface area (Å²) in [7, 11) is 1.59. The van der Waals surface area contributed by atoms with Gasteiger partial charge < -0.3 is 10.1 Å². The van der Waals surface area contributed by atoms with E-state index in [1.165, 1.54) is 5.56 Å². The minimum absolute atomic E-state index is 0.0143. The molecule has 0 radical (unpaired) electrons. The van der Waals surface area contributed by atoms with Crippen LogP contribution in [-0.4, -0.2) is 12.0 Å². The Labute approximate surface area is 154 Å². The summed E-state index contributed by atoms with van der Waals surface area (Å²) in [4.78, 5) is 11.3. The quantitative estimate of drug-likeness (QED) is 0.437. The van der Waals surface area contributed by atoms with Gasteiger partial charge in [-0.05, 0) is 36.1 Å². The van der Waals surface area contributed by atoms with E-state index in [2.05, 4.69) is 45.5 Å². The molecule has 2 aromatic rings. The lowest BCUT2D eigenvalue weighted by molar-refractivity contribution is -0.385. The SMILES string of the molecule is COc1ccc([N+](=O)[O-])c2c1N[C@H](c1ccc(Br)cc1)[C@H]1CC=C[C@H]21. The van der Waals surface area contributed by atoms with Gasteiger partial charge in [-0.25, -0.2) is 0 Å². The Morgan fingerprint density at radius 2 is 2.00 bits per heavy atom. The lowest BCUT2D eigenvalue weighted by Crippen LogP contribution is -2.30. The standard InChI is InChI=1S/C19H17BrN2O3/c1-25-16-10-9-15(22(23)24)17-13-3-2-4-14(13)18(21-19(16)17)11-5-7-12(20)8-6-11/h2-3,5-10,13-14,18,21H,4H2,1H3/t13-,14-,18+/m0/s1. The summed E-state index contributed by atoms with van der Waals surface area (Å²) < 4.78 is 6.51. The van der Waals surface area contributed by atoms with Crippen molar-refractivity contribution in [3.05, 3.63) is 74.3 Å². The summed E-state index contributed by atoms with van der Waals surface area (Å²) in [5, 5.41) is 15.1. The third-order valence-corrected chi connectivity index (χ3v) is 5.63. The van der Waals surface area contributed by atoms with Gasteiger partial charge in [-0.3, -0.25) is 10.1 Å². The molecular formula is C19H17BrN2O3. The highest BCUT2D eigenvalue weighted by molar-refractivity contribution is 9.10. The van der Waals surface area contributed by atoms with Gasteiger partial charge in [0.05, 0.1) is 29.3 Å². The number of ether oxygens (including phenoxy) is 1. The van der Waals surface area contributed by atoms with Gasteiger partial charge in [-0.2, -0.15) is 0 Å². The van der Waals surface area contributed by atoms with Crippen LogP contribution in [0.5, 0.6) is 5.75 Å². The van der Waals surface area contributed by atoms with E-state index in [1.807, 2.05) is 12.1 Å². The van der Waals surface area contributed by atoms with E-state index in [-0.39, 0.29) is 28.5 Å². The number of rotatable bonds is 3. The normalized spacial score (nSPS) is 23.5. The molecule has 0 fully saturated rings. The molecule has 1 aliphatic heterocycles. The highest BCUT2D eigenvalue weighted by Crippen LogP contribution is 2.54. The van der Waals surface area contributed by atoms with Crippen LogP contribution in [0.3, 0.4) is 0 Å². The van der Waals surface area contributed by atoms with Gasteiger partial charge in [-0.15, -0.1) is 0 Å². The number of benzene rings is 2. The molecule has 0 unspecified atom stereocenters. The number of methoxy groups -OCH3 is 1. The predicted molar refractivity (Wildman–Crippen MR) is 100 cm³/mol. The topological polar surface area (TPSA) is 64.4 Å². The van der Waals surface area contributed by atoms with Crippen LogP contribution in [0, 0.1) is 16.0 Å². The summed E-state index contributed by atoms with van der Waals surface area (Å²) in [5.41, 5.74) is 2.79. The molecule has 0 aromatic heterocycles. The van der Waals surface area contributed by atoms with Gasteiger partial charge in [0.25, 0.3) is 5.69 Å². The fourth-order valence-corrected chi connectivity index (χ4v) is 4.26. The van der Waals surface area contributed by atoms with Gasteiger partial charge in [0.2, 0.25) is 0 Å². The lowest BCUT2D eigenvalue weighted by Gasteiger charge is -2.37. The van der Waals surface area contributed by atoms with E-state index in [4.69, 9.17) is 4.74 Å². The van der Waals surface area contributed by atoms with Gasteiger partial charge in [0.15, 0.2) is 0 Å². The Kier molecular flexibility index (Phi) is 4.00. The van der Waals surface area contributed by atoms with Crippen LogP contribution >= 0.6 is 15.9 Å². The number of allylic oxidation sites excluding steroid dienone is 2. The first-order chi connectivity index (χ1) is 12.1. The molecule has 0 saturated carbocycles. The van der Waals surface area contributed by atoms with Crippen LogP contribution in [0.15, 0.2) is 53.0 Å². The fraction of sp³-hybridized carbons (Fsp3) is 0.263. The zero-order chi connectivity index (χ0) is 17.6. The van der Waals surface area contributed by atoms with Crippen molar-refractivity contribution in [2.75, 3.05) is 12.4 Å². The molecule has 2 aliphatic rings. The zero-order valence-corrected chi connectivity index (χ0v) is 15.2. The van der Waals surface area contributed by atoms with Crippen molar-refractivity contribution in [1.82, 2.24) is 0 Å². The number of nitro benzene ring substituents is 1. The first-order valence-corrected chi connectivity index (χ1v) is 8.93. The summed E-state index contributed by atoms with van der Waals surface area (Å²) in [6, 6.07) is 11.5. The molecule has 6 heteroatoms. The molecule has 1 N–H and O–H groups in total. The maximum absolute atomic E-state index is 11.6. The zero-order valence-electron chi connectivity index (χ0n) is 13.6. The van der Waals surface area contributed by atoms with Crippen LogP contribution in [0.1, 0.15) is 29.5 Å². The van der Waals surface area contributed by atoms with Crippen molar-refractivity contribution in [3.8, 4) is 5.75 Å². The van der Waals surface area contributed by atoms with Crippen molar-refractivity contribution < 1.29 is 9.66 Å². The van der Waals surface area contributed by atoms with E-state index >= 15 is 0 Å². The second-order valence-corrected chi connectivity index (χ2v) is 7.28. The van der Waals surface area contributed by atoms with Crippen LogP contribution in [-0.2, 0) is 0 Å². The van der Waals surface area contributed by atoms with Crippen molar-refractivity contribution >= 4 is 27.3 Å². The summed E-state index contributed by atoms with van der Waals surface area (Å²) in [6.07, 6.45) is 5.12. The number of fused-ring (bicyclic) bond motifs is 3.